The van der Waals surface area contributed by atoms with Crippen LogP contribution < -0.4 is 19.9 Å². The minimum absolute atomic E-state index is 0.105. The third-order valence-corrected chi connectivity index (χ3v) is 5.63. The predicted octanol–water partition coefficient (Wildman–Crippen LogP) is 5.39. The Kier molecular flexibility index (Phi) is 5.39. The standard InChI is InChI=1S/C24H19BrN2O3/c1-3-10-29-23-19(25)11-15(12-20(23)28-2)21-17-9-8-14-6-4-5-7-16(14)22(17)30-24(27)18(21)13-26/h3-9,11-12,21H,1,10,27H2,2H3/t21-/m1/s1. The lowest BCUT2D eigenvalue weighted by atomic mass is 9.82. The SMILES string of the molecule is C=CCOc1c(Br)cc([C@H]2C(C#N)=C(N)Oc3c2ccc2ccccc32)cc1OC. The minimum atomic E-state index is -0.401. The van der Waals surface area contributed by atoms with Gasteiger partial charge in [-0.25, -0.2) is 0 Å². The molecule has 3 aromatic carbocycles. The van der Waals surface area contributed by atoms with E-state index in [0.717, 1.165) is 21.9 Å². The van der Waals surface area contributed by atoms with E-state index in [1.54, 1.807) is 13.2 Å². The van der Waals surface area contributed by atoms with Crippen LogP contribution in [0.5, 0.6) is 17.2 Å². The number of fused-ring (bicyclic) bond motifs is 3. The zero-order valence-corrected chi connectivity index (χ0v) is 17.9. The molecule has 0 aromatic heterocycles. The molecule has 4 rings (SSSR count). The lowest BCUT2D eigenvalue weighted by molar-refractivity contribution is 0.324. The van der Waals surface area contributed by atoms with Crippen LogP contribution in [0.2, 0.25) is 0 Å². The molecule has 6 heteroatoms. The number of nitrogens with zero attached hydrogens (tertiary/aromatic N) is 1. The Hall–Kier alpha value is -3.43. The highest BCUT2D eigenvalue weighted by Gasteiger charge is 2.32. The Bertz CT molecular complexity index is 1230. The summed E-state index contributed by atoms with van der Waals surface area (Å²) < 4.78 is 17.9. The maximum absolute atomic E-state index is 9.85. The molecule has 1 atom stereocenters. The summed E-state index contributed by atoms with van der Waals surface area (Å²) in [6.07, 6.45) is 1.66. The lowest BCUT2D eigenvalue weighted by Crippen LogP contribution is -2.21. The fourth-order valence-corrected chi connectivity index (χ4v) is 4.29. The van der Waals surface area contributed by atoms with Gasteiger partial charge in [0, 0.05) is 10.9 Å². The molecule has 0 bridgehead atoms. The van der Waals surface area contributed by atoms with Crippen molar-refractivity contribution < 1.29 is 14.2 Å². The third-order valence-electron chi connectivity index (χ3n) is 5.04. The summed E-state index contributed by atoms with van der Waals surface area (Å²) in [6.45, 7) is 4.02. The van der Waals surface area contributed by atoms with Gasteiger partial charge in [0.1, 0.15) is 24.0 Å². The fourth-order valence-electron chi connectivity index (χ4n) is 3.72. The van der Waals surface area contributed by atoms with E-state index in [1.165, 1.54) is 0 Å². The van der Waals surface area contributed by atoms with Crippen LogP contribution in [0, 0.1) is 11.3 Å². The average Bonchev–Trinajstić information content (AvgIpc) is 2.76. The summed E-state index contributed by atoms with van der Waals surface area (Å²) in [4.78, 5) is 0. The van der Waals surface area contributed by atoms with Crippen molar-refractivity contribution in [3.05, 3.63) is 88.2 Å². The van der Waals surface area contributed by atoms with Crippen LogP contribution in [-0.2, 0) is 0 Å². The van der Waals surface area contributed by atoms with Crippen molar-refractivity contribution in [2.75, 3.05) is 13.7 Å². The quantitative estimate of drug-likeness (QED) is 0.513. The van der Waals surface area contributed by atoms with Crippen LogP contribution in [-0.4, -0.2) is 13.7 Å². The molecule has 150 valence electrons. The molecule has 5 nitrogen and oxygen atoms in total. The predicted molar refractivity (Wildman–Crippen MR) is 120 cm³/mol. The first-order valence-electron chi connectivity index (χ1n) is 9.29. The molecule has 3 aromatic rings. The van der Waals surface area contributed by atoms with Crippen LogP contribution >= 0.6 is 15.9 Å². The zero-order chi connectivity index (χ0) is 21.3. The Morgan fingerprint density at radius 2 is 2.07 bits per heavy atom. The number of nitriles is 1. The van der Waals surface area contributed by atoms with Gasteiger partial charge >= 0.3 is 0 Å². The van der Waals surface area contributed by atoms with Gasteiger partial charge in [-0.15, -0.1) is 0 Å². The molecular weight excluding hydrogens is 444 g/mol. The highest BCUT2D eigenvalue weighted by molar-refractivity contribution is 9.10. The van der Waals surface area contributed by atoms with Crippen molar-refractivity contribution in [3.8, 4) is 23.3 Å². The third kappa shape index (κ3) is 3.27. The van der Waals surface area contributed by atoms with E-state index in [1.807, 2.05) is 48.5 Å². The first-order valence-corrected chi connectivity index (χ1v) is 10.1. The minimum Gasteiger partial charge on any atom is -0.493 e. The van der Waals surface area contributed by atoms with Crippen molar-refractivity contribution in [3.63, 3.8) is 0 Å². The van der Waals surface area contributed by atoms with Crippen molar-refractivity contribution in [1.82, 2.24) is 0 Å². The smallest absolute Gasteiger partial charge is 0.205 e. The first-order chi connectivity index (χ1) is 14.6. The Morgan fingerprint density at radius 3 is 2.80 bits per heavy atom. The highest BCUT2D eigenvalue weighted by Crippen LogP contribution is 2.48. The zero-order valence-electron chi connectivity index (χ0n) is 16.3. The van der Waals surface area contributed by atoms with Crippen molar-refractivity contribution in [2.45, 2.75) is 5.92 Å². The molecule has 30 heavy (non-hydrogen) atoms. The van der Waals surface area contributed by atoms with Crippen molar-refractivity contribution >= 4 is 26.7 Å². The summed E-state index contributed by atoms with van der Waals surface area (Å²) in [5, 5.41) is 11.8. The first kappa shape index (κ1) is 19.9. The van der Waals surface area contributed by atoms with Gasteiger partial charge in [-0.3, -0.25) is 0 Å². The van der Waals surface area contributed by atoms with Gasteiger partial charge < -0.3 is 19.9 Å². The molecular formula is C24H19BrN2O3. The molecule has 2 N–H and O–H groups in total. The lowest BCUT2D eigenvalue weighted by Gasteiger charge is -2.28. The van der Waals surface area contributed by atoms with Gasteiger partial charge in [0.15, 0.2) is 11.5 Å². The molecule has 0 spiro atoms. The van der Waals surface area contributed by atoms with Gasteiger partial charge in [0.2, 0.25) is 5.88 Å². The van der Waals surface area contributed by atoms with Crippen molar-refractivity contribution in [2.24, 2.45) is 5.73 Å². The van der Waals surface area contributed by atoms with Gasteiger partial charge in [-0.05, 0) is 39.0 Å². The summed E-state index contributed by atoms with van der Waals surface area (Å²) in [5.74, 6) is 1.49. The maximum atomic E-state index is 9.85. The van der Waals surface area contributed by atoms with Crippen molar-refractivity contribution in [1.29, 1.82) is 5.26 Å². The largest absolute Gasteiger partial charge is 0.493 e. The highest BCUT2D eigenvalue weighted by atomic mass is 79.9. The Labute approximate surface area is 183 Å². The summed E-state index contributed by atoms with van der Waals surface area (Å²) in [7, 11) is 1.58. The molecule has 1 aliphatic heterocycles. The molecule has 0 unspecified atom stereocenters. The summed E-state index contributed by atoms with van der Waals surface area (Å²) in [5.41, 5.74) is 8.24. The second kappa shape index (κ2) is 8.13. The number of hydrogen-bond acceptors (Lipinski definition) is 5. The molecule has 0 amide bonds. The summed E-state index contributed by atoms with van der Waals surface area (Å²) >= 11 is 3.57. The number of halogens is 1. The molecule has 0 saturated carbocycles. The van der Waals surface area contributed by atoms with Crippen LogP contribution in [0.3, 0.4) is 0 Å². The van der Waals surface area contributed by atoms with Gasteiger partial charge in [-0.2, -0.15) is 5.26 Å². The monoisotopic (exact) mass is 462 g/mol. The van der Waals surface area contributed by atoms with Crippen LogP contribution in [0.25, 0.3) is 10.8 Å². The number of nitrogens with two attached hydrogens (primary N) is 1. The van der Waals surface area contributed by atoms with E-state index in [9.17, 15) is 5.26 Å². The Balaban J connectivity index is 1.94. The van der Waals surface area contributed by atoms with Gasteiger partial charge in [0.25, 0.3) is 0 Å². The second-order valence-electron chi connectivity index (χ2n) is 6.76. The summed E-state index contributed by atoms with van der Waals surface area (Å²) in [6, 6.07) is 17.9. The number of allylic oxidation sites excluding steroid dienone is 1. The number of hydrogen-bond donors (Lipinski definition) is 1. The van der Waals surface area contributed by atoms with Crippen LogP contribution in [0.15, 0.2) is 77.1 Å². The number of methoxy groups -OCH3 is 1. The molecule has 0 aliphatic carbocycles. The van der Waals surface area contributed by atoms with E-state index in [2.05, 4.69) is 28.6 Å². The molecule has 0 fully saturated rings. The van der Waals surface area contributed by atoms with E-state index in [0.29, 0.717) is 33.9 Å². The topological polar surface area (TPSA) is 77.5 Å². The average molecular weight is 463 g/mol. The van der Waals surface area contributed by atoms with E-state index in [-0.39, 0.29) is 5.88 Å². The van der Waals surface area contributed by atoms with Gasteiger partial charge in [-0.1, -0.05) is 49.1 Å². The van der Waals surface area contributed by atoms with E-state index < -0.39 is 5.92 Å². The van der Waals surface area contributed by atoms with Crippen LogP contribution in [0.1, 0.15) is 17.0 Å². The molecule has 1 aliphatic rings. The van der Waals surface area contributed by atoms with Gasteiger partial charge in [0.05, 0.1) is 17.5 Å². The fraction of sp³-hybridized carbons (Fsp3) is 0.125. The normalized spacial score (nSPS) is 15.2. The maximum Gasteiger partial charge on any atom is 0.205 e. The number of rotatable bonds is 5. The molecule has 1 heterocycles. The molecule has 0 saturated heterocycles. The Morgan fingerprint density at radius 1 is 1.27 bits per heavy atom. The van der Waals surface area contributed by atoms with E-state index in [4.69, 9.17) is 19.9 Å². The van der Waals surface area contributed by atoms with E-state index >= 15 is 0 Å². The second-order valence-corrected chi connectivity index (χ2v) is 7.62. The number of ether oxygens (including phenoxy) is 3. The molecule has 0 radical (unpaired) electrons. The van der Waals surface area contributed by atoms with Crippen LogP contribution in [0.4, 0.5) is 0 Å². The number of benzene rings is 3.